The molecule has 3 N–H and O–H groups in total. The fraction of sp³-hybridized carbons (Fsp3) is 0.462. The number of hydrogen-bond acceptors (Lipinski definition) is 6. The van der Waals surface area contributed by atoms with Crippen molar-refractivity contribution in [3.63, 3.8) is 0 Å². The number of methoxy groups -OCH3 is 2. The first-order valence-corrected chi connectivity index (χ1v) is 12.0. The van der Waals surface area contributed by atoms with Crippen LogP contribution in [0.5, 0.6) is 11.5 Å². The molecule has 2 aliphatic rings. The Morgan fingerprint density at radius 3 is 2.24 bits per heavy atom. The van der Waals surface area contributed by atoms with E-state index in [-0.39, 0.29) is 11.8 Å². The Labute approximate surface area is 202 Å². The van der Waals surface area contributed by atoms with Crippen molar-refractivity contribution in [2.24, 2.45) is 5.92 Å². The number of aromatic nitrogens is 2. The number of benzene rings is 1. The van der Waals surface area contributed by atoms with Gasteiger partial charge in [-0.25, -0.2) is 4.98 Å². The number of anilines is 1. The second-order valence-electron chi connectivity index (χ2n) is 8.15. The number of pyridine rings is 1. The van der Waals surface area contributed by atoms with Crippen LogP contribution >= 0.6 is 0 Å². The third kappa shape index (κ3) is 6.27. The molecule has 8 nitrogen and oxygen atoms in total. The molecule has 3 heterocycles. The van der Waals surface area contributed by atoms with Crippen LogP contribution in [0.25, 0.3) is 22.2 Å². The monoisotopic (exact) mass is 467 g/mol. The lowest BCUT2D eigenvalue weighted by Crippen LogP contribution is -2.40. The molecule has 1 aromatic carbocycles. The van der Waals surface area contributed by atoms with Crippen LogP contribution in [0, 0.1) is 5.92 Å². The van der Waals surface area contributed by atoms with E-state index >= 15 is 0 Å². The van der Waals surface area contributed by atoms with Crippen LogP contribution in [0.15, 0.2) is 36.5 Å². The van der Waals surface area contributed by atoms with E-state index in [9.17, 15) is 4.79 Å². The predicted molar refractivity (Wildman–Crippen MR) is 138 cm³/mol. The van der Waals surface area contributed by atoms with Crippen molar-refractivity contribution in [3.8, 4) is 22.6 Å². The number of amides is 1. The van der Waals surface area contributed by atoms with Crippen LogP contribution in [0.3, 0.4) is 0 Å². The fourth-order valence-corrected chi connectivity index (χ4v) is 3.75. The SMILES string of the molecule is CC.CN1CCNCC1.COc1cccc(OC)c1-c1c[nH]c2nc(NC(=O)C3CC3)ccc12. The molecule has 0 radical (unpaired) electrons. The minimum absolute atomic E-state index is 0.0463. The number of hydrogen-bond donors (Lipinski definition) is 3. The normalized spacial score (nSPS) is 15.4. The fourth-order valence-electron chi connectivity index (χ4n) is 3.75. The highest BCUT2D eigenvalue weighted by atomic mass is 16.5. The van der Waals surface area contributed by atoms with Crippen LogP contribution in [0.4, 0.5) is 5.82 Å². The average Bonchev–Trinajstić information content (AvgIpc) is 3.66. The molecule has 1 saturated carbocycles. The van der Waals surface area contributed by atoms with Crippen molar-refractivity contribution >= 4 is 22.8 Å². The number of ether oxygens (including phenoxy) is 2. The number of nitrogens with zero attached hydrogens (tertiary/aromatic N) is 2. The summed E-state index contributed by atoms with van der Waals surface area (Å²) < 4.78 is 11.0. The van der Waals surface area contributed by atoms with E-state index in [1.165, 1.54) is 13.1 Å². The molecule has 0 bridgehead atoms. The van der Waals surface area contributed by atoms with Gasteiger partial charge < -0.3 is 30.0 Å². The number of piperazine rings is 1. The van der Waals surface area contributed by atoms with Gasteiger partial charge in [-0.05, 0) is 44.2 Å². The standard InChI is InChI=1S/C19H19N3O3.C5H12N2.C2H6/c1-24-14-4-3-5-15(25-2)17(14)13-10-20-18-12(13)8-9-16(21-18)22-19(23)11-6-7-11;1-7-4-2-6-3-5-7;1-2/h3-5,8-11H,6-7H2,1-2H3,(H2,20,21,22,23);6H,2-5H2,1H3;1-2H3. The molecule has 1 aliphatic carbocycles. The molecule has 3 aromatic rings. The summed E-state index contributed by atoms with van der Waals surface area (Å²) >= 11 is 0. The number of rotatable bonds is 5. The third-order valence-corrected chi connectivity index (χ3v) is 5.78. The maximum atomic E-state index is 11.9. The van der Waals surface area contributed by atoms with Crippen molar-refractivity contribution in [1.82, 2.24) is 20.2 Å². The van der Waals surface area contributed by atoms with Gasteiger partial charge in [0.05, 0.1) is 19.8 Å². The number of likely N-dealkylation sites (N-methyl/N-ethyl adjacent to an activating group) is 1. The van der Waals surface area contributed by atoms with E-state index in [0.29, 0.717) is 11.5 Å². The summed E-state index contributed by atoms with van der Waals surface area (Å²) in [5, 5.41) is 7.08. The van der Waals surface area contributed by atoms with Crippen LogP contribution in [-0.4, -0.2) is 68.2 Å². The van der Waals surface area contributed by atoms with E-state index < -0.39 is 0 Å². The number of fused-ring (bicyclic) bond motifs is 1. The molecular weight excluding hydrogens is 430 g/mol. The lowest BCUT2D eigenvalue weighted by Gasteiger charge is -2.21. The molecule has 1 amide bonds. The maximum absolute atomic E-state index is 11.9. The van der Waals surface area contributed by atoms with Crippen LogP contribution in [-0.2, 0) is 4.79 Å². The molecule has 0 spiro atoms. The summed E-state index contributed by atoms with van der Waals surface area (Å²) in [4.78, 5) is 21.9. The zero-order valence-electron chi connectivity index (χ0n) is 20.9. The Morgan fingerprint density at radius 1 is 1.06 bits per heavy atom. The zero-order valence-corrected chi connectivity index (χ0v) is 20.9. The highest BCUT2D eigenvalue weighted by Gasteiger charge is 2.29. The first-order valence-electron chi connectivity index (χ1n) is 12.0. The zero-order chi connectivity index (χ0) is 24.5. The topological polar surface area (TPSA) is 91.5 Å². The molecule has 34 heavy (non-hydrogen) atoms. The van der Waals surface area contributed by atoms with Crippen molar-refractivity contribution < 1.29 is 14.3 Å². The van der Waals surface area contributed by atoms with Gasteiger partial charge in [-0.3, -0.25) is 4.79 Å². The number of aromatic amines is 1. The molecule has 1 aliphatic heterocycles. The molecule has 0 unspecified atom stereocenters. The quantitative estimate of drug-likeness (QED) is 0.522. The molecule has 8 heteroatoms. The predicted octanol–water partition coefficient (Wildman–Crippen LogP) is 4.14. The van der Waals surface area contributed by atoms with Gasteiger partial charge in [0, 0.05) is 49.2 Å². The molecular formula is C26H37N5O3. The Bertz CT molecular complexity index is 1050. The van der Waals surface area contributed by atoms with Crippen molar-refractivity contribution in [2.45, 2.75) is 26.7 Å². The number of nitrogens with one attached hydrogen (secondary N) is 3. The van der Waals surface area contributed by atoms with Crippen molar-refractivity contribution in [2.75, 3.05) is 52.8 Å². The van der Waals surface area contributed by atoms with Crippen LogP contribution < -0.4 is 20.1 Å². The lowest BCUT2D eigenvalue weighted by atomic mass is 10.0. The minimum Gasteiger partial charge on any atom is -0.496 e. The summed E-state index contributed by atoms with van der Waals surface area (Å²) in [6.45, 7) is 8.74. The number of carbonyl (C=O) groups is 1. The van der Waals surface area contributed by atoms with Gasteiger partial charge in [0.25, 0.3) is 0 Å². The van der Waals surface area contributed by atoms with Gasteiger partial charge in [-0.1, -0.05) is 19.9 Å². The highest BCUT2D eigenvalue weighted by Crippen LogP contribution is 2.41. The summed E-state index contributed by atoms with van der Waals surface area (Å²) in [5.74, 6) is 2.21. The van der Waals surface area contributed by atoms with E-state index in [1.54, 1.807) is 14.2 Å². The Hall–Kier alpha value is -3.10. The number of carbonyl (C=O) groups excluding carboxylic acids is 1. The van der Waals surface area contributed by atoms with E-state index in [1.807, 2.05) is 50.4 Å². The highest BCUT2D eigenvalue weighted by molar-refractivity contribution is 5.99. The molecule has 0 atom stereocenters. The van der Waals surface area contributed by atoms with Crippen LogP contribution in [0.2, 0.25) is 0 Å². The molecule has 5 rings (SSSR count). The van der Waals surface area contributed by atoms with Gasteiger partial charge in [0.15, 0.2) is 0 Å². The average molecular weight is 468 g/mol. The van der Waals surface area contributed by atoms with Gasteiger partial charge >= 0.3 is 0 Å². The molecule has 184 valence electrons. The summed E-state index contributed by atoms with van der Waals surface area (Å²) in [5.41, 5.74) is 2.52. The van der Waals surface area contributed by atoms with Crippen LogP contribution in [0.1, 0.15) is 26.7 Å². The first-order chi connectivity index (χ1) is 16.6. The number of H-pyrrole nitrogens is 1. The van der Waals surface area contributed by atoms with Gasteiger partial charge in [-0.15, -0.1) is 0 Å². The Kier molecular flexibility index (Phi) is 9.30. The smallest absolute Gasteiger partial charge is 0.228 e. The first kappa shape index (κ1) is 25.5. The minimum atomic E-state index is 0.0463. The molecule has 2 fully saturated rings. The van der Waals surface area contributed by atoms with E-state index in [2.05, 4.69) is 32.5 Å². The van der Waals surface area contributed by atoms with Crippen molar-refractivity contribution in [1.29, 1.82) is 0 Å². The molecule has 2 aromatic heterocycles. The maximum Gasteiger partial charge on any atom is 0.228 e. The lowest BCUT2D eigenvalue weighted by molar-refractivity contribution is -0.117. The second-order valence-corrected chi connectivity index (χ2v) is 8.15. The Balaban J connectivity index is 0.000000306. The largest absolute Gasteiger partial charge is 0.496 e. The molecule has 1 saturated heterocycles. The summed E-state index contributed by atoms with van der Waals surface area (Å²) in [6.07, 6.45) is 3.81. The van der Waals surface area contributed by atoms with E-state index in [0.717, 1.165) is 53.9 Å². The summed E-state index contributed by atoms with van der Waals surface area (Å²) in [7, 11) is 5.43. The van der Waals surface area contributed by atoms with Gasteiger partial charge in [0.1, 0.15) is 23.0 Å². The van der Waals surface area contributed by atoms with E-state index in [4.69, 9.17) is 9.47 Å². The van der Waals surface area contributed by atoms with Gasteiger partial charge in [-0.2, -0.15) is 0 Å². The van der Waals surface area contributed by atoms with Gasteiger partial charge in [0.2, 0.25) is 5.91 Å². The second kappa shape index (κ2) is 12.4. The Morgan fingerprint density at radius 2 is 1.71 bits per heavy atom. The third-order valence-electron chi connectivity index (χ3n) is 5.78. The summed E-state index contributed by atoms with van der Waals surface area (Å²) in [6, 6.07) is 9.45. The van der Waals surface area contributed by atoms with Crippen molar-refractivity contribution in [3.05, 3.63) is 36.5 Å².